The third-order valence-electron chi connectivity index (χ3n) is 4.59. The molecule has 0 aliphatic carbocycles. The second kappa shape index (κ2) is 9.82. The number of aryl methyl sites for hydroxylation is 1. The van der Waals surface area contributed by atoms with Gasteiger partial charge in [-0.1, -0.05) is 6.07 Å². The molecular formula is C22H27N3O4. The van der Waals surface area contributed by atoms with Crippen molar-refractivity contribution >= 4 is 11.6 Å². The molecular weight excluding hydrogens is 370 g/mol. The number of imidazole rings is 1. The molecule has 1 N–H and O–H groups in total. The Balaban J connectivity index is 1.49. The Kier molecular flexibility index (Phi) is 6.94. The average Bonchev–Trinajstić information content (AvgIpc) is 3.16. The Labute approximate surface area is 170 Å². The van der Waals surface area contributed by atoms with E-state index in [0.29, 0.717) is 43.9 Å². The minimum atomic E-state index is 0.0126. The predicted molar refractivity (Wildman–Crippen MR) is 111 cm³/mol. The number of methoxy groups -OCH3 is 2. The zero-order valence-electron chi connectivity index (χ0n) is 17.1. The zero-order valence-corrected chi connectivity index (χ0v) is 17.1. The number of amides is 1. The molecule has 0 saturated carbocycles. The summed E-state index contributed by atoms with van der Waals surface area (Å²) in [5.74, 6) is 2.13. The Bertz CT molecular complexity index is 968. The van der Waals surface area contributed by atoms with Gasteiger partial charge in [0.1, 0.15) is 0 Å². The van der Waals surface area contributed by atoms with E-state index in [1.165, 1.54) is 0 Å². The van der Waals surface area contributed by atoms with Crippen LogP contribution in [-0.4, -0.2) is 42.7 Å². The number of rotatable bonds is 10. The normalized spacial score (nSPS) is 10.7. The van der Waals surface area contributed by atoms with Gasteiger partial charge in [0, 0.05) is 31.8 Å². The summed E-state index contributed by atoms with van der Waals surface area (Å²) in [5.41, 5.74) is 2.74. The van der Waals surface area contributed by atoms with E-state index in [2.05, 4.69) is 10.3 Å². The topological polar surface area (TPSA) is 74.1 Å². The van der Waals surface area contributed by atoms with E-state index in [4.69, 9.17) is 14.2 Å². The van der Waals surface area contributed by atoms with Gasteiger partial charge in [-0.05, 0) is 43.2 Å². The Hall–Kier alpha value is -3.22. The molecule has 7 heteroatoms. The highest BCUT2D eigenvalue weighted by Gasteiger charge is 2.09. The summed E-state index contributed by atoms with van der Waals surface area (Å²) < 4.78 is 18.1. The van der Waals surface area contributed by atoms with Crippen molar-refractivity contribution in [3.63, 3.8) is 0 Å². The lowest BCUT2D eigenvalue weighted by molar-refractivity contribution is -0.121. The first-order valence-electron chi connectivity index (χ1n) is 9.71. The van der Waals surface area contributed by atoms with Gasteiger partial charge >= 0.3 is 0 Å². The van der Waals surface area contributed by atoms with Crippen molar-refractivity contribution in [2.24, 2.45) is 0 Å². The monoisotopic (exact) mass is 397 g/mol. The van der Waals surface area contributed by atoms with Crippen LogP contribution in [0.1, 0.15) is 24.6 Å². The van der Waals surface area contributed by atoms with Crippen LogP contribution in [-0.2, 0) is 17.6 Å². The lowest BCUT2D eigenvalue weighted by atomic mass is 10.1. The summed E-state index contributed by atoms with van der Waals surface area (Å²) in [7, 11) is 3.21. The molecule has 2 heterocycles. The van der Waals surface area contributed by atoms with Gasteiger partial charge in [0.05, 0.1) is 26.5 Å². The standard InChI is InChI=1S/C22H27N3O4/c1-4-29-19-6-5-13-25-15-17(24-22(19)25)11-12-23-21(26)10-8-16-7-9-18(27-2)20(14-16)28-3/h5-7,9,13-15H,4,8,10-12H2,1-3H3,(H,23,26). The summed E-state index contributed by atoms with van der Waals surface area (Å²) in [5, 5.41) is 2.96. The average molecular weight is 397 g/mol. The van der Waals surface area contributed by atoms with E-state index in [-0.39, 0.29) is 5.91 Å². The number of aromatic nitrogens is 2. The molecule has 0 radical (unpaired) electrons. The number of nitrogens with one attached hydrogen (secondary N) is 1. The fourth-order valence-electron chi connectivity index (χ4n) is 3.14. The smallest absolute Gasteiger partial charge is 0.220 e. The summed E-state index contributed by atoms with van der Waals surface area (Å²) in [6.45, 7) is 3.08. The van der Waals surface area contributed by atoms with E-state index in [1.807, 2.05) is 54.0 Å². The second-order valence-corrected chi connectivity index (χ2v) is 6.56. The minimum Gasteiger partial charge on any atom is -0.493 e. The Morgan fingerprint density at radius 1 is 1.10 bits per heavy atom. The van der Waals surface area contributed by atoms with Crippen LogP contribution in [0.4, 0.5) is 0 Å². The number of hydrogen-bond donors (Lipinski definition) is 1. The number of carbonyl (C=O) groups is 1. The van der Waals surface area contributed by atoms with Crippen LogP contribution in [0.5, 0.6) is 17.2 Å². The van der Waals surface area contributed by atoms with Crippen LogP contribution in [0.25, 0.3) is 5.65 Å². The van der Waals surface area contributed by atoms with Crippen molar-refractivity contribution in [2.75, 3.05) is 27.4 Å². The molecule has 0 bridgehead atoms. The van der Waals surface area contributed by atoms with Gasteiger partial charge in [0.2, 0.25) is 5.91 Å². The van der Waals surface area contributed by atoms with Crippen LogP contribution in [0, 0.1) is 0 Å². The van der Waals surface area contributed by atoms with Crippen LogP contribution < -0.4 is 19.5 Å². The maximum Gasteiger partial charge on any atom is 0.220 e. The van der Waals surface area contributed by atoms with Crippen LogP contribution >= 0.6 is 0 Å². The fraction of sp³-hybridized carbons (Fsp3) is 0.364. The number of pyridine rings is 1. The highest BCUT2D eigenvalue weighted by Crippen LogP contribution is 2.28. The summed E-state index contributed by atoms with van der Waals surface area (Å²) in [6, 6.07) is 9.54. The van der Waals surface area contributed by atoms with Crippen molar-refractivity contribution in [1.82, 2.24) is 14.7 Å². The first-order chi connectivity index (χ1) is 14.1. The lowest BCUT2D eigenvalue weighted by Gasteiger charge is -2.09. The highest BCUT2D eigenvalue weighted by molar-refractivity contribution is 5.76. The van der Waals surface area contributed by atoms with Crippen molar-refractivity contribution in [3.05, 3.63) is 54.0 Å². The van der Waals surface area contributed by atoms with Crippen LogP contribution in [0.3, 0.4) is 0 Å². The first kappa shape index (κ1) is 20.5. The van der Waals surface area contributed by atoms with Gasteiger partial charge in [0.15, 0.2) is 22.9 Å². The molecule has 3 aromatic rings. The SMILES string of the molecule is CCOc1cccn2cc(CCNC(=O)CCc3ccc(OC)c(OC)c3)nc12. The van der Waals surface area contributed by atoms with Gasteiger partial charge in [-0.3, -0.25) is 4.79 Å². The van der Waals surface area contributed by atoms with Gasteiger partial charge in [-0.15, -0.1) is 0 Å². The molecule has 0 atom stereocenters. The summed E-state index contributed by atoms with van der Waals surface area (Å²) in [6.07, 6.45) is 5.62. The third-order valence-corrected chi connectivity index (χ3v) is 4.59. The maximum absolute atomic E-state index is 12.2. The van der Waals surface area contributed by atoms with E-state index >= 15 is 0 Å². The molecule has 0 spiro atoms. The molecule has 1 amide bonds. The Morgan fingerprint density at radius 2 is 1.93 bits per heavy atom. The van der Waals surface area contributed by atoms with Crippen molar-refractivity contribution < 1.29 is 19.0 Å². The first-order valence-corrected chi connectivity index (χ1v) is 9.71. The number of hydrogen-bond acceptors (Lipinski definition) is 5. The predicted octanol–water partition coefficient (Wildman–Crippen LogP) is 3.04. The van der Waals surface area contributed by atoms with E-state index in [9.17, 15) is 4.79 Å². The molecule has 29 heavy (non-hydrogen) atoms. The third kappa shape index (κ3) is 5.19. The molecule has 0 aliphatic heterocycles. The lowest BCUT2D eigenvalue weighted by Crippen LogP contribution is -2.25. The van der Waals surface area contributed by atoms with Crippen molar-refractivity contribution in [2.45, 2.75) is 26.2 Å². The second-order valence-electron chi connectivity index (χ2n) is 6.56. The molecule has 0 aliphatic rings. The van der Waals surface area contributed by atoms with E-state index < -0.39 is 0 Å². The summed E-state index contributed by atoms with van der Waals surface area (Å²) >= 11 is 0. The largest absolute Gasteiger partial charge is 0.493 e. The van der Waals surface area contributed by atoms with Crippen molar-refractivity contribution in [1.29, 1.82) is 0 Å². The highest BCUT2D eigenvalue weighted by atomic mass is 16.5. The molecule has 7 nitrogen and oxygen atoms in total. The Morgan fingerprint density at radius 3 is 2.69 bits per heavy atom. The van der Waals surface area contributed by atoms with Gasteiger partial charge in [-0.25, -0.2) is 4.98 Å². The van der Waals surface area contributed by atoms with E-state index in [1.54, 1.807) is 14.2 Å². The number of nitrogens with zero attached hydrogens (tertiary/aromatic N) is 2. The molecule has 0 unspecified atom stereocenters. The number of fused-ring (bicyclic) bond motifs is 1. The van der Waals surface area contributed by atoms with Gasteiger partial charge < -0.3 is 23.9 Å². The molecule has 2 aromatic heterocycles. The molecule has 1 aromatic carbocycles. The fourth-order valence-corrected chi connectivity index (χ4v) is 3.14. The molecule has 0 fully saturated rings. The minimum absolute atomic E-state index is 0.0126. The summed E-state index contributed by atoms with van der Waals surface area (Å²) in [4.78, 5) is 16.8. The van der Waals surface area contributed by atoms with Crippen molar-refractivity contribution in [3.8, 4) is 17.2 Å². The molecule has 0 saturated heterocycles. The molecule has 154 valence electrons. The van der Waals surface area contributed by atoms with Gasteiger partial charge in [-0.2, -0.15) is 0 Å². The van der Waals surface area contributed by atoms with Crippen LogP contribution in [0.2, 0.25) is 0 Å². The van der Waals surface area contributed by atoms with E-state index in [0.717, 1.165) is 22.7 Å². The van der Waals surface area contributed by atoms with Crippen LogP contribution in [0.15, 0.2) is 42.7 Å². The number of benzene rings is 1. The molecule has 3 rings (SSSR count). The zero-order chi connectivity index (χ0) is 20.6. The number of carbonyl (C=O) groups excluding carboxylic acids is 1. The number of ether oxygens (including phenoxy) is 3. The van der Waals surface area contributed by atoms with Gasteiger partial charge in [0.25, 0.3) is 0 Å². The maximum atomic E-state index is 12.2. The quantitative estimate of drug-likeness (QED) is 0.569.